The summed E-state index contributed by atoms with van der Waals surface area (Å²) in [6, 6.07) is 7.45. The summed E-state index contributed by atoms with van der Waals surface area (Å²) in [5.41, 5.74) is 1.83. The number of morpholine rings is 1. The molecule has 0 spiro atoms. The zero-order valence-electron chi connectivity index (χ0n) is 14.8. The van der Waals surface area contributed by atoms with Crippen LogP contribution < -0.4 is 10.6 Å². The third-order valence-electron chi connectivity index (χ3n) is 4.90. The molecule has 0 saturated carbocycles. The molecule has 0 aromatic heterocycles. The molecular formula is C18H28N4O3. The molecule has 1 aromatic rings. The first-order valence-corrected chi connectivity index (χ1v) is 8.96. The molecule has 2 aliphatic rings. The number of ether oxygens (including phenoxy) is 1. The van der Waals surface area contributed by atoms with Gasteiger partial charge < -0.3 is 25.4 Å². The van der Waals surface area contributed by atoms with E-state index in [-0.39, 0.29) is 12.1 Å². The lowest BCUT2D eigenvalue weighted by molar-refractivity contribution is 0.0375. The van der Waals surface area contributed by atoms with E-state index in [9.17, 15) is 9.90 Å². The van der Waals surface area contributed by atoms with Crippen molar-refractivity contribution in [2.75, 3.05) is 57.8 Å². The molecule has 0 unspecified atom stereocenters. The van der Waals surface area contributed by atoms with Crippen molar-refractivity contribution in [2.45, 2.75) is 19.1 Å². The van der Waals surface area contributed by atoms with Crippen LogP contribution in [0.25, 0.3) is 0 Å². The van der Waals surface area contributed by atoms with Crippen LogP contribution in [-0.4, -0.2) is 85.6 Å². The Balaban J connectivity index is 1.44. The zero-order valence-corrected chi connectivity index (χ0v) is 14.8. The normalized spacial score (nSPS) is 24.5. The standard InChI is InChI=1S/C18H28N4O3/c1-14-4-2-3-5-15(14)20-18(24)22-12-16(17(23)13-22)19-6-7-21-8-10-25-11-9-21/h2-5,16-17,19,23H,6-13H2,1H3,(H,20,24)/t16-,17-/m1/s1. The molecule has 2 fully saturated rings. The fraction of sp³-hybridized carbons (Fsp3) is 0.611. The molecule has 138 valence electrons. The Morgan fingerprint density at radius 3 is 2.80 bits per heavy atom. The molecule has 7 heteroatoms. The van der Waals surface area contributed by atoms with Crippen molar-refractivity contribution in [1.29, 1.82) is 0 Å². The highest BCUT2D eigenvalue weighted by Gasteiger charge is 2.33. The maximum absolute atomic E-state index is 12.4. The Hall–Kier alpha value is -1.67. The van der Waals surface area contributed by atoms with Gasteiger partial charge in [0.15, 0.2) is 0 Å². The fourth-order valence-electron chi connectivity index (χ4n) is 3.29. The number of anilines is 1. The lowest BCUT2D eigenvalue weighted by Gasteiger charge is -2.27. The van der Waals surface area contributed by atoms with Crippen LogP contribution >= 0.6 is 0 Å². The molecule has 2 atom stereocenters. The van der Waals surface area contributed by atoms with Crippen LogP contribution in [0.1, 0.15) is 5.56 Å². The number of aliphatic hydroxyl groups is 1. The Bertz CT molecular complexity index is 577. The lowest BCUT2D eigenvalue weighted by Crippen LogP contribution is -2.45. The van der Waals surface area contributed by atoms with Gasteiger partial charge >= 0.3 is 6.03 Å². The van der Waals surface area contributed by atoms with Crippen LogP contribution in [-0.2, 0) is 4.74 Å². The van der Waals surface area contributed by atoms with E-state index in [0.29, 0.717) is 13.1 Å². The highest BCUT2D eigenvalue weighted by Crippen LogP contribution is 2.16. The van der Waals surface area contributed by atoms with Crippen molar-refractivity contribution in [1.82, 2.24) is 15.1 Å². The predicted molar refractivity (Wildman–Crippen MR) is 96.8 cm³/mol. The summed E-state index contributed by atoms with van der Waals surface area (Å²) in [7, 11) is 0. The number of hydrogen-bond donors (Lipinski definition) is 3. The first kappa shape index (κ1) is 18.1. The van der Waals surface area contributed by atoms with E-state index in [1.165, 1.54) is 0 Å². The van der Waals surface area contributed by atoms with E-state index in [2.05, 4.69) is 15.5 Å². The van der Waals surface area contributed by atoms with Gasteiger partial charge in [0.2, 0.25) is 0 Å². The number of aryl methyl sites for hydroxylation is 1. The van der Waals surface area contributed by atoms with Crippen LogP contribution in [0, 0.1) is 6.92 Å². The fourth-order valence-corrected chi connectivity index (χ4v) is 3.29. The first-order chi connectivity index (χ1) is 12.1. The van der Waals surface area contributed by atoms with Gasteiger partial charge in [-0.2, -0.15) is 0 Å². The van der Waals surface area contributed by atoms with Gasteiger partial charge in [0.1, 0.15) is 0 Å². The molecule has 1 aromatic carbocycles. The number of nitrogens with zero attached hydrogens (tertiary/aromatic N) is 2. The van der Waals surface area contributed by atoms with E-state index in [4.69, 9.17) is 4.74 Å². The topological polar surface area (TPSA) is 77.1 Å². The van der Waals surface area contributed by atoms with Gasteiger partial charge in [-0.3, -0.25) is 4.90 Å². The van der Waals surface area contributed by atoms with Crippen molar-refractivity contribution in [3.63, 3.8) is 0 Å². The van der Waals surface area contributed by atoms with Crippen LogP contribution in [0.5, 0.6) is 0 Å². The molecule has 3 rings (SSSR count). The minimum Gasteiger partial charge on any atom is -0.390 e. The quantitative estimate of drug-likeness (QED) is 0.722. The van der Waals surface area contributed by atoms with E-state index in [1.807, 2.05) is 31.2 Å². The molecule has 2 heterocycles. The number of β-amino-alcohol motifs (C(OH)–C–C–N with tert-alkyl or cyclic N) is 1. The summed E-state index contributed by atoms with van der Waals surface area (Å²) >= 11 is 0. The summed E-state index contributed by atoms with van der Waals surface area (Å²) in [6.45, 7) is 8.06. The van der Waals surface area contributed by atoms with Gasteiger partial charge in [0.25, 0.3) is 0 Å². The Morgan fingerprint density at radius 1 is 1.28 bits per heavy atom. The summed E-state index contributed by atoms with van der Waals surface area (Å²) in [5.74, 6) is 0. The van der Waals surface area contributed by atoms with E-state index >= 15 is 0 Å². The van der Waals surface area contributed by atoms with Crippen LogP contribution in [0.15, 0.2) is 24.3 Å². The van der Waals surface area contributed by atoms with Crippen LogP contribution in [0.3, 0.4) is 0 Å². The van der Waals surface area contributed by atoms with Gasteiger partial charge in [-0.25, -0.2) is 4.79 Å². The molecule has 3 N–H and O–H groups in total. The highest BCUT2D eigenvalue weighted by molar-refractivity contribution is 5.90. The molecule has 0 radical (unpaired) electrons. The first-order valence-electron chi connectivity index (χ1n) is 8.96. The molecule has 25 heavy (non-hydrogen) atoms. The average molecular weight is 348 g/mol. The van der Waals surface area contributed by atoms with Gasteiger partial charge in [-0.15, -0.1) is 0 Å². The molecular weight excluding hydrogens is 320 g/mol. The smallest absolute Gasteiger partial charge is 0.321 e. The molecule has 7 nitrogen and oxygen atoms in total. The summed E-state index contributed by atoms with van der Waals surface area (Å²) in [5, 5.41) is 16.6. The SMILES string of the molecule is Cc1ccccc1NC(=O)N1C[C@@H](O)[C@H](NCCN2CCOCC2)C1. The summed E-state index contributed by atoms with van der Waals surface area (Å²) < 4.78 is 5.34. The van der Waals surface area contributed by atoms with Gasteiger partial charge in [0.05, 0.1) is 25.4 Å². The molecule has 0 bridgehead atoms. The largest absolute Gasteiger partial charge is 0.390 e. The number of aliphatic hydroxyl groups excluding tert-OH is 1. The molecule has 2 saturated heterocycles. The average Bonchev–Trinajstić information content (AvgIpc) is 2.99. The highest BCUT2D eigenvalue weighted by atomic mass is 16.5. The number of benzene rings is 1. The van der Waals surface area contributed by atoms with Crippen molar-refractivity contribution >= 4 is 11.7 Å². The van der Waals surface area contributed by atoms with Gasteiger partial charge in [-0.1, -0.05) is 18.2 Å². The van der Waals surface area contributed by atoms with Crippen LogP contribution in [0.4, 0.5) is 10.5 Å². The second kappa shape index (κ2) is 8.62. The molecule has 2 aliphatic heterocycles. The zero-order chi connectivity index (χ0) is 17.6. The Kier molecular flexibility index (Phi) is 6.25. The minimum absolute atomic E-state index is 0.0799. The Morgan fingerprint density at radius 2 is 2.04 bits per heavy atom. The maximum atomic E-state index is 12.4. The molecule has 2 amide bonds. The van der Waals surface area contributed by atoms with E-state index in [1.54, 1.807) is 4.90 Å². The van der Waals surface area contributed by atoms with Gasteiger partial charge in [0, 0.05) is 45.0 Å². The third kappa shape index (κ3) is 4.92. The minimum atomic E-state index is -0.535. The monoisotopic (exact) mass is 348 g/mol. The third-order valence-corrected chi connectivity index (χ3v) is 4.90. The summed E-state index contributed by atoms with van der Waals surface area (Å²) in [6.07, 6.45) is -0.535. The number of amides is 2. The lowest BCUT2D eigenvalue weighted by atomic mass is 10.2. The van der Waals surface area contributed by atoms with Crippen molar-refractivity contribution in [3.8, 4) is 0 Å². The molecule has 0 aliphatic carbocycles. The number of rotatable bonds is 5. The van der Waals surface area contributed by atoms with Crippen molar-refractivity contribution < 1.29 is 14.6 Å². The number of nitrogens with one attached hydrogen (secondary N) is 2. The maximum Gasteiger partial charge on any atom is 0.321 e. The number of hydrogen-bond acceptors (Lipinski definition) is 5. The number of carbonyl (C=O) groups excluding carboxylic acids is 1. The number of urea groups is 1. The van der Waals surface area contributed by atoms with Crippen LogP contribution in [0.2, 0.25) is 0 Å². The van der Waals surface area contributed by atoms with E-state index in [0.717, 1.165) is 50.6 Å². The van der Waals surface area contributed by atoms with E-state index < -0.39 is 6.10 Å². The second-order valence-corrected chi connectivity index (χ2v) is 6.73. The number of likely N-dealkylation sites (tertiary alicyclic amines) is 1. The Labute approximate surface area is 148 Å². The second-order valence-electron chi connectivity index (χ2n) is 6.73. The summed E-state index contributed by atoms with van der Waals surface area (Å²) in [4.78, 5) is 16.5. The van der Waals surface area contributed by atoms with Crippen molar-refractivity contribution in [3.05, 3.63) is 29.8 Å². The number of para-hydroxylation sites is 1. The van der Waals surface area contributed by atoms with Crippen molar-refractivity contribution in [2.24, 2.45) is 0 Å². The predicted octanol–water partition coefficient (Wildman–Crippen LogP) is 0.494. The number of carbonyl (C=O) groups is 1. The van der Waals surface area contributed by atoms with Gasteiger partial charge in [-0.05, 0) is 18.6 Å².